The van der Waals surface area contributed by atoms with E-state index in [1.807, 2.05) is 22.7 Å². The predicted molar refractivity (Wildman–Crippen MR) is 275 cm³/mol. The number of hydrogen-bond acceptors (Lipinski definition) is 6. The van der Waals surface area contributed by atoms with E-state index < -0.39 is 0 Å². The molecule has 13 aromatic rings. The monoisotopic (exact) mass is 865 g/mol. The molecule has 4 heterocycles. The number of furan rings is 1. The summed E-state index contributed by atoms with van der Waals surface area (Å²) in [6.07, 6.45) is 6.52. The molecule has 304 valence electrons. The molecule has 9 aromatic carbocycles. The Hall–Kier alpha value is -7.77. The fraction of sp³-hybridized carbons (Fsp3) is 0.0339. The zero-order chi connectivity index (χ0) is 42.6. The molecule has 0 amide bonds. The number of benzene rings is 9. The first-order valence-electron chi connectivity index (χ1n) is 22.0. The number of para-hydroxylation sites is 1. The van der Waals surface area contributed by atoms with E-state index in [2.05, 4.69) is 188 Å². The summed E-state index contributed by atoms with van der Waals surface area (Å²) in [5.74, 6) is 1.95. The number of aromatic nitrogens is 3. The predicted octanol–water partition coefficient (Wildman–Crippen LogP) is 17.0. The normalized spacial score (nSPS) is 12.7. The van der Waals surface area contributed by atoms with Crippen molar-refractivity contribution in [2.45, 2.75) is 12.8 Å². The first kappa shape index (κ1) is 36.7. The molecule has 0 atom stereocenters. The second-order valence-electron chi connectivity index (χ2n) is 16.9. The van der Waals surface area contributed by atoms with Crippen LogP contribution in [-0.2, 0) is 6.42 Å². The number of hydrogen-bond donors (Lipinski definition) is 0. The maximum Gasteiger partial charge on any atom is 0.164 e. The molecule has 0 radical (unpaired) electrons. The van der Waals surface area contributed by atoms with Crippen molar-refractivity contribution in [2.75, 3.05) is 0 Å². The van der Waals surface area contributed by atoms with Gasteiger partial charge in [-0.2, -0.15) is 0 Å². The van der Waals surface area contributed by atoms with Crippen molar-refractivity contribution in [2.24, 2.45) is 0 Å². The van der Waals surface area contributed by atoms with Gasteiger partial charge in [0, 0.05) is 73.4 Å². The average Bonchev–Trinajstić information content (AvgIpc) is 4.07. The summed E-state index contributed by atoms with van der Waals surface area (Å²) < 4.78 is 11.9. The van der Waals surface area contributed by atoms with Crippen LogP contribution in [0.4, 0.5) is 0 Å². The average molecular weight is 866 g/mol. The molecular weight excluding hydrogens is 831 g/mol. The lowest BCUT2D eigenvalue weighted by atomic mass is 9.88. The Kier molecular flexibility index (Phi) is 8.11. The standard InChI is InChI=1S/C59H35N3OS2/c1-2-15-39-35(12-1)32-49(43-17-4-3-16-42(39)43)59-61-57(60-58(62-59)38-27-29-54-48(33-38)45-19-6-8-25-52(45)65-54)37-14-9-13-34(30-37)40-20-11-23-50-55(40)46-22-10-21-41(56(46)63-50)36-26-28-53-47(31-36)44-18-5-7-24-51(44)64-53/h1-2,4-15,17-33H,3,16H2. The van der Waals surface area contributed by atoms with Crippen molar-refractivity contribution in [3.8, 4) is 56.4 Å². The quantitative estimate of drug-likeness (QED) is 0.173. The van der Waals surface area contributed by atoms with Crippen LogP contribution in [0.25, 0.3) is 136 Å². The fourth-order valence-corrected chi connectivity index (χ4v) is 12.3. The van der Waals surface area contributed by atoms with Crippen molar-refractivity contribution in [3.63, 3.8) is 0 Å². The minimum Gasteiger partial charge on any atom is -0.455 e. The highest BCUT2D eigenvalue weighted by Crippen LogP contribution is 2.44. The van der Waals surface area contributed by atoms with E-state index in [9.17, 15) is 0 Å². The maximum atomic E-state index is 6.82. The zero-order valence-corrected chi connectivity index (χ0v) is 36.5. The summed E-state index contributed by atoms with van der Waals surface area (Å²) in [6, 6.07) is 63.2. The molecular formula is C59H35N3OS2. The highest BCUT2D eigenvalue weighted by atomic mass is 32.1. The molecule has 14 rings (SSSR count). The van der Waals surface area contributed by atoms with Gasteiger partial charge in [0.05, 0.1) is 0 Å². The smallest absolute Gasteiger partial charge is 0.164 e. The van der Waals surface area contributed by atoms with Crippen LogP contribution in [0.5, 0.6) is 0 Å². The zero-order valence-electron chi connectivity index (χ0n) is 34.9. The molecule has 1 aliphatic rings. The van der Waals surface area contributed by atoms with Gasteiger partial charge in [-0.15, -0.1) is 22.7 Å². The Labute approximate surface area is 381 Å². The van der Waals surface area contributed by atoms with E-state index in [0.29, 0.717) is 17.5 Å². The van der Waals surface area contributed by atoms with Gasteiger partial charge in [-0.1, -0.05) is 127 Å². The van der Waals surface area contributed by atoms with E-state index in [1.54, 1.807) is 0 Å². The molecule has 4 nitrogen and oxygen atoms in total. The molecule has 65 heavy (non-hydrogen) atoms. The highest BCUT2D eigenvalue weighted by Gasteiger charge is 2.22. The van der Waals surface area contributed by atoms with Gasteiger partial charge in [-0.05, 0) is 112 Å². The molecule has 0 unspecified atom stereocenters. The summed E-state index contributed by atoms with van der Waals surface area (Å²) in [4.78, 5) is 16.0. The number of thiophene rings is 2. The minimum atomic E-state index is 0.631. The second kappa shape index (κ2) is 14.4. The van der Waals surface area contributed by atoms with Gasteiger partial charge in [0.25, 0.3) is 0 Å². The van der Waals surface area contributed by atoms with Crippen molar-refractivity contribution in [1.82, 2.24) is 15.0 Å². The van der Waals surface area contributed by atoms with E-state index in [4.69, 9.17) is 19.4 Å². The Morgan fingerprint density at radius 2 is 1.00 bits per heavy atom. The fourth-order valence-electron chi connectivity index (χ4n) is 10.2. The van der Waals surface area contributed by atoms with Crippen molar-refractivity contribution in [1.29, 1.82) is 0 Å². The topological polar surface area (TPSA) is 51.8 Å². The van der Waals surface area contributed by atoms with Gasteiger partial charge < -0.3 is 4.42 Å². The van der Waals surface area contributed by atoms with Gasteiger partial charge in [0.15, 0.2) is 17.5 Å². The molecule has 0 saturated heterocycles. The van der Waals surface area contributed by atoms with Crippen LogP contribution in [0.3, 0.4) is 0 Å². The number of allylic oxidation sites excluding steroid dienone is 1. The summed E-state index contributed by atoms with van der Waals surface area (Å²) in [5, 5.41) is 9.68. The van der Waals surface area contributed by atoms with Crippen LogP contribution in [0.2, 0.25) is 0 Å². The van der Waals surface area contributed by atoms with E-state index in [0.717, 1.165) is 73.7 Å². The van der Waals surface area contributed by atoms with Gasteiger partial charge in [0.1, 0.15) is 11.2 Å². The van der Waals surface area contributed by atoms with Gasteiger partial charge in [0.2, 0.25) is 0 Å². The van der Waals surface area contributed by atoms with Gasteiger partial charge >= 0.3 is 0 Å². The van der Waals surface area contributed by atoms with Crippen molar-refractivity contribution in [3.05, 3.63) is 193 Å². The maximum absolute atomic E-state index is 6.82. The lowest BCUT2D eigenvalue weighted by Gasteiger charge is -2.18. The van der Waals surface area contributed by atoms with Crippen LogP contribution in [0, 0.1) is 0 Å². The third-order valence-corrected chi connectivity index (χ3v) is 15.5. The summed E-state index contributed by atoms with van der Waals surface area (Å²) >= 11 is 3.66. The molecule has 0 fully saturated rings. The minimum absolute atomic E-state index is 0.631. The van der Waals surface area contributed by atoms with Gasteiger partial charge in [-0.25, -0.2) is 15.0 Å². The lowest BCUT2D eigenvalue weighted by Crippen LogP contribution is -2.04. The molecule has 0 bridgehead atoms. The lowest BCUT2D eigenvalue weighted by molar-refractivity contribution is 0.670. The van der Waals surface area contributed by atoms with Crippen LogP contribution >= 0.6 is 22.7 Å². The molecule has 0 aliphatic heterocycles. The number of fused-ring (bicyclic) bond motifs is 12. The second-order valence-corrected chi connectivity index (χ2v) is 19.1. The first-order chi connectivity index (χ1) is 32.2. The SMILES string of the molecule is C1=Cc2c(-c3nc(-c4cccc(-c5cccc6oc7c(-c8ccc9sc%10ccccc%10c9c8)cccc7c56)c4)nc(-c4ccc5sc6ccccc6c5c4)n3)cc3ccccc3c2CC1. The first-order valence-corrected chi connectivity index (χ1v) is 23.7. The molecule has 4 aromatic heterocycles. The Morgan fingerprint density at radius 1 is 0.415 bits per heavy atom. The largest absolute Gasteiger partial charge is 0.455 e. The Balaban J connectivity index is 0.942. The van der Waals surface area contributed by atoms with Crippen molar-refractivity contribution < 1.29 is 4.42 Å². The molecule has 6 heteroatoms. The Bertz CT molecular complexity index is 4150. The summed E-state index contributed by atoms with van der Waals surface area (Å²) in [6.45, 7) is 0. The number of aryl methyl sites for hydroxylation is 1. The van der Waals surface area contributed by atoms with Crippen LogP contribution < -0.4 is 0 Å². The van der Waals surface area contributed by atoms with E-state index in [1.165, 1.54) is 62.2 Å². The van der Waals surface area contributed by atoms with E-state index >= 15 is 0 Å². The van der Waals surface area contributed by atoms with Crippen molar-refractivity contribution >= 4 is 102 Å². The number of nitrogens with zero attached hydrogens (tertiary/aromatic N) is 3. The molecule has 0 saturated carbocycles. The summed E-state index contributed by atoms with van der Waals surface area (Å²) in [5.41, 5.74) is 11.6. The molecule has 1 aliphatic carbocycles. The Morgan fingerprint density at radius 3 is 1.80 bits per heavy atom. The van der Waals surface area contributed by atoms with Crippen LogP contribution in [0.15, 0.2) is 186 Å². The highest BCUT2D eigenvalue weighted by molar-refractivity contribution is 7.26. The van der Waals surface area contributed by atoms with E-state index in [-0.39, 0.29) is 0 Å². The van der Waals surface area contributed by atoms with Crippen LogP contribution in [-0.4, -0.2) is 15.0 Å². The van der Waals surface area contributed by atoms with Crippen LogP contribution in [0.1, 0.15) is 17.5 Å². The third kappa shape index (κ3) is 5.84. The number of rotatable bonds is 5. The third-order valence-electron chi connectivity index (χ3n) is 13.2. The molecule has 0 spiro atoms. The van der Waals surface area contributed by atoms with Gasteiger partial charge in [-0.3, -0.25) is 0 Å². The summed E-state index contributed by atoms with van der Waals surface area (Å²) in [7, 11) is 0. The molecule has 0 N–H and O–H groups in total.